The van der Waals surface area contributed by atoms with E-state index in [-0.39, 0.29) is 18.8 Å². The number of carboxylic acid groups (broad SMARTS) is 2. The van der Waals surface area contributed by atoms with Gasteiger partial charge in [0.15, 0.2) is 0 Å². The second kappa shape index (κ2) is 9.67. The number of rotatable bonds is 6. The molecule has 0 unspecified atom stereocenters. The molecule has 0 saturated heterocycles. The molecule has 7 heteroatoms. The molecular formula is C16H18N2O5. The van der Waals surface area contributed by atoms with E-state index in [1.54, 1.807) is 12.1 Å². The summed E-state index contributed by atoms with van der Waals surface area (Å²) in [4.78, 5) is 20.2. The molecule has 0 bridgehead atoms. The van der Waals surface area contributed by atoms with E-state index in [4.69, 9.17) is 15.3 Å². The molecular weight excluding hydrogens is 300 g/mol. The Labute approximate surface area is 133 Å². The standard InChI is InChI=1S/C8H9NO3.C8H9NO2/c10-7-3-1-6(2-4-7)9-5-8(11)12;10-8(11)6-9-7-4-2-1-3-5-7/h1-4,9-10H,5H2,(H,11,12);1-5,9H,6H2,(H,10,11). The lowest BCUT2D eigenvalue weighted by Crippen LogP contribution is -2.11. The predicted octanol–water partition coefficient (Wildman–Crippen LogP) is 2.07. The third-order valence-corrected chi connectivity index (χ3v) is 2.53. The molecule has 0 amide bonds. The predicted molar refractivity (Wildman–Crippen MR) is 86.8 cm³/mol. The van der Waals surface area contributed by atoms with Gasteiger partial charge in [0.25, 0.3) is 0 Å². The molecule has 0 atom stereocenters. The van der Waals surface area contributed by atoms with E-state index in [1.165, 1.54) is 12.1 Å². The van der Waals surface area contributed by atoms with Gasteiger partial charge in [-0.1, -0.05) is 18.2 Å². The molecule has 2 rings (SSSR count). The molecule has 0 aliphatic heterocycles. The zero-order chi connectivity index (χ0) is 17.1. The van der Waals surface area contributed by atoms with Crippen molar-refractivity contribution in [3.05, 3.63) is 54.6 Å². The van der Waals surface area contributed by atoms with Crippen LogP contribution in [0.2, 0.25) is 0 Å². The highest BCUT2D eigenvalue weighted by Crippen LogP contribution is 2.12. The summed E-state index contributed by atoms with van der Waals surface area (Å²) in [5.74, 6) is -1.60. The van der Waals surface area contributed by atoms with Crippen molar-refractivity contribution >= 4 is 23.3 Å². The summed E-state index contributed by atoms with van der Waals surface area (Å²) in [6, 6.07) is 15.4. The summed E-state index contributed by atoms with van der Waals surface area (Å²) >= 11 is 0. The Kier molecular flexibility index (Phi) is 7.50. The van der Waals surface area contributed by atoms with E-state index >= 15 is 0 Å². The van der Waals surface area contributed by atoms with Crippen molar-refractivity contribution < 1.29 is 24.9 Å². The number of aromatic hydroxyl groups is 1. The minimum Gasteiger partial charge on any atom is -0.508 e. The van der Waals surface area contributed by atoms with E-state index < -0.39 is 11.9 Å². The van der Waals surface area contributed by atoms with E-state index in [0.717, 1.165) is 5.69 Å². The van der Waals surface area contributed by atoms with E-state index in [0.29, 0.717) is 5.69 Å². The largest absolute Gasteiger partial charge is 0.508 e. The number of phenols is 1. The Hall–Kier alpha value is -3.22. The van der Waals surface area contributed by atoms with Gasteiger partial charge in [-0.25, -0.2) is 0 Å². The van der Waals surface area contributed by atoms with Gasteiger partial charge in [-0.05, 0) is 36.4 Å². The highest BCUT2D eigenvalue weighted by molar-refractivity contribution is 5.73. The molecule has 2 aromatic carbocycles. The Balaban J connectivity index is 0.000000231. The molecule has 122 valence electrons. The summed E-state index contributed by atoms with van der Waals surface area (Å²) in [5.41, 5.74) is 1.50. The number of hydrogen-bond acceptors (Lipinski definition) is 5. The lowest BCUT2D eigenvalue weighted by Gasteiger charge is -2.01. The smallest absolute Gasteiger partial charge is 0.322 e. The van der Waals surface area contributed by atoms with Gasteiger partial charge in [0.1, 0.15) is 18.8 Å². The second-order valence-electron chi connectivity index (χ2n) is 4.41. The summed E-state index contributed by atoms with van der Waals surface area (Å²) in [6.07, 6.45) is 0. The molecule has 0 aromatic heterocycles. The van der Waals surface area contributed by atoms with Crippen LogP contribution in [0.3, 0.4) is 0 Å². The molecule has 0 fully saturated rings. The first-order valence-corrected chi connectivity index (χ1v) is 6.73. The van der Waals surface area contributed by atoms with Gasteiger partial charge in [-0.3, -0.25) is 9.59 Å². The maximum absolute atomic E-state index is 10.1. The first kappa shape index (κ1) is 17.8. The number of phenolic OH excluding ortho intramolecular Hbond substituents is 1. The third-order valence-electron chi connectivity index (χ3n) is 2.53. The lowest BCUT2D eigenvalue weighted by molar-refractivity contribution is -0.135. The quantitative estimate of drug-likeness (QED) is 0.517. The summed E-state index contributed by atoms with van der Waals surface area (Å²) < 4.78 is 0. The van der Waals surface area contributed by atoms with Crippen LogP contribution >= 0.6 is 0 Å². The number of hydrogen-bond donors (Lipinski definition) is 5. The zero-order valence-electron chi connectivity index (χ0n) is 12.3. The van der Waals surface area contributed by atoms with Crippen molar-refractivity contribution in [3.8, 4) is 5.75 Å². The normalized spacial score (nSPS) is 9.22. The Morgan fingerprint density at radius 3 is 1.61 bits per heavy atom. The van der Waals surface area contributed by atoms with Crippen molar-refractivity contribution in [1.29, 1.82) is 0 Å². The number of nitrogens with one attached hydrogen (secondary N) is 2. The fraction of sp³-hybridized carbons (Fsp3) is 0.125. The van der Waals surface area contributed by atoms with Crippen LogP contribution < -0.4 is 10.6 Å². The van der Waals surface area contributed by atoms with Gasteiger partial charge >= 0.3 is 11.9 Å². The monoisotopic (exact) mass is 318 g/mol. The fourth-order valence-electron chi connectivity index (χ4n) is 1.49. The fourth-order valence-corrected chi connectivity index (χ4v) is 1.49. The molecule has 0 saturated carbocycles. The van der Waals surface area contributed by atoms with E-state index in [2.05, 4.69) is 10.6 Å². The number of carboxylic acids is 2. The van der Waals surface area contributed by atoms with Gasteiger partial charge in [0.05, 0.1) is 0 Å². The van der Waals surface area contributed by atoms with Gasteiger partial charge in [0.2, 0.25) is 0 Å². The molecule has 0 radical (unpaired) electrons. The lowest BCUT2D eigenvalue weighted by atomic mass is 10.3. The zero-order valence-corrected chi connectivity index (χ0v) is 12.3. The number of aliphatic carboxylic acids is 2. The average Bonchev–Trinajstić information content (AvgIpc) is 2.54. The van der Waals surface area contributed by atoms with Crippen LogP contribution in [0.15, 0.2) is 54.6 Å². The van der Waals surface area contributed by atoms with Gasteiger partial charge in [-0.2, -0.15) is 0 Å². The van der Waals surface area contributed by atoms with Crippen molar-refractivity contribution in [3.63, 3.8) is 0 Å². The first-order valence-electron chi connectivity index (χ1n) is 6.73. The van der Waals surface area contributed by atoms with Crippen LogP contribution in [0.5, 0.6) is 5.75 Å². The maximum Gasteiger partial charge on any atom is 0.322 e. The summed E-state index contributed by atoms with van der Waals surface area (Å²) in [6.45, 7) is -0.158. The molecule has 23 heavy (non-hydrogen) atoms. The minimum absolute atomic E-state index is 0.0377. The summed E-state index contributed by atoms with van der Waals surface area (Å²) in [5, 5.41) is 30.9. The van der Waals surface area contributed by atoms with Crippen molar-refractivity contribution in [1.82, 2.24) is 0 Å². The van der Waals surface area contributed by atoms with Crippen LogP contribution in [0, 0.1) is 0 Å². The van der Waals surface area contributed by atoms with Crippen molar-refractivity contribution in [2.45, 2.75) is 0 Å². The Morgan fingerprint density at radius 2 is 1.17 bits per heavy atom. The Bertz CT molecular complexity index is 614. The average molecular weight is 318 g/mol. The third kappa shape index (κ3) is 8.61. The first-order chi connectivity index (χ1) is 11.0. The molecule has 2 aromatic rings. The van der Waals surface area contributed by atoms with Gasteiger partial charge in [0, 0.05) is 11.4 Å². The minimum atomic E-state index is -0.914. The molecule has 0 aliphatic carbocycles. The SMILES string of the molecule is O=C(O)CNc1ccc(O)cc1.O=C(O)CNc1ccccc1. The van der Waals surface area contributed by atoms with Crippen LogP contribution in [0.4, 0.5) is 11.4 Å². The molecule has 0 aliphatic rings. The molecule has 5 N–H and O–H groups in total. The van der Waals surface area contributed by atoms with Gasteiger partial charge in [-0.15, -0.1) is 0 Å². The van der Waals surface area contributed by atoms with E-state index in [9.17, 15) is 9.59 Å². The van der Waals surface area contributed by atoms with Gasteiger partial charge < -0.3 is 26.0 Å². The number of carbonyl (C=O) groups is 2. The van der Waals surface area contributed by atoms with Crippen molar-refractivity contribution in [2.75, 3.05) is 23.7 Å². The van der Waals surface area contributed by atoms with Crippen LogP contribution in [-0.2, 0) is 9.59 Å². The maximum atomic E-state index is 10.1. The highest BCUT2D eigenvalue weighted by atomic mass is 16.4. The summed E-state index contributed by atoms with van der Waals surface area (Å²) in [7, 11) is 0. The molecule has 0 spiro atoms. The molecule has 7 nitrogen and oxygen atoms in total. The number of para-hydroxylation sites is 1. The van der Waals surface area contributed by atoms with Crippen molar-refractivity contribution in [2.24, 2.45) is 0 Å². The van der Waals surface area contributed by atoms with Crippen LogP contribution in [-0.4, -0.2) is 40.3 Å². The van der Waals surface area contributed by atoms with Crippen LogP contribution in [0.25, 0.3) is 0 Å². The van der Waals surface area contributed by atoms with Crippen LogP contribution in [0.1, 0.15) is 0 Å². The topological polar surface area (TPSA) is 119 Å². The Morgan fingerprint density at radius 1 is 0.739 bits per heavy atom. The van der Waals surface area contributed by atoms with E-state index in [1.807, 2.05) is 30.3 Å². The highest BCUT2D eigenvalue weighted by Gasteiger charge is 1.96. The number of anilines is 2. The second-order valence-corrected chi connectivity index (χ2v) is 4.41. The molecule has 0 heterocycles. The number of benzene rings is 2.